The highest BCUT2D eigenvalue weighted by molar-refractivity contribution is 9.10. The number of nitrogens with one attached hydrogen (secondary N) is 1. The van der Waals surface area contributed by atoms with Crippen molar-refractivity contribution in [2.75, 3.05) is 36.5 Å². The molecule has 18 heavy (non-hydrogen) atoms. The number of rotatable bonds is 4. The zero-order valence-electron chi connectivity index (χ0n) is 10.6. The fourth-order valence-corrected chi connectivity index (χ4v) is 2.67. The predicted molar refractivity (Wildman–Crippen MR) is 75.9 cm³/mol. The van der Waals surface area contributed by atoms with Crippen molar-refractivity contribution in [1.29, 1.82) is 0 Å². The SMILES string of the molecule is CCNc1ncc(Br)c(N2CCCC(CO)C2)n1. The summed E-state index contributed by atoms with van der Waals surface area (Å²) in [7, 11) is 0. The summed E-state index contributed by atoms with van der Waals surface area (Å²) < 4.78 is 0.905. The molecule has 0 amide bonds. The first-order chi connectivity index (χ1) is 8.74. The van der Waals surface area contributed by atoms with E-state index in [4.69, 9.17) is 0 Å². The van der Waals surface area contributed by atoms with E-state index >= 15 is 0 Å². The third kappa shape index (κ3) is 3.11. The van der Waals surface area contributed by atoms with Crippen LogP contribution in [0.4, 0.5) is 11.8 Å². The third-order valence-corrected chi connectivity index (χ3v) is 3.70. The Bertz CT molecular complexity index is 402. The first kappa shape index (κ1) is 13.5. The molecule has 0 radical (unpaired) electrons. The van der Waals surface area contributed by atoms with Crippen LogP contribution in [0.25, 0.3) is 0 Å². The maximum atomic E-state index is 9.28. The smallest absolute Gasteiger partial charge is 0.224 e. The van der Waals surface area contributed by atoms with Gasteiger partial charge in [-0.2, -0.15) is 4.98 Å². The molecule has 1 unspecified atom stereocenters. The Hall–Kier alpha value is -0.880. The van der Waals surface area contributed by atoms with Crippen LogP contribution in [-0.2, 0) is 0 Å². The Kier molecular flexibility index (Phi) is 4.77. The second-order valence-electron chi connectivity index (χ2n) is 4.53. The van der Waals surface area contributed by atoms with Crippen LogP contribution >= 0.6 is 15.9 Å². The van der Waals surface area contributed by atoms with Crippen molar-refractivity contribution in [3.8, 4) is 0 Å². The van der Waals surface area contributed by atoms with Gasteiger partial charge < -0.3 is 15.3 Å². The third-order valence-electron chi connectivity index (χ3n) is 3.14. The van der Waals surface area contributed by atoms with Gasteiger partial charge in [0.05, 0.1) is 4.47 Å². The van der Waals surface area contributed by atoms with Crippen LogP contribution in [-0.4, -0.2) is 41.3 Å². The molecule has 0 bridgehead atoms. The van der Waals surface area contributed by atoms with E-state index < -0.39 is 0 Å². The summed E-state index contributed by atoms with van der Waals surface area (Å²) in [5.41, 5.74) is 0. The van der Waals surface area contributed by atoms with Crippen molar-refractivity contribution >= 4 is 27.7 Å². The number of hydrogen-bond acceptors (Lipinski definition) is 5. The quantitative estimate of drug-likeness (QED) is 0.888. The van der Waals surface area contributed by atoms with E-state index in [9.17, 15) is 5.11 Å². The fourth-order valence-electron chi connectivity index (χ4n) is 2.23. The highest BCUT2D eigenvalue weighted by Crippen LogP contribution is 2.28. The van der Waals surface area contributed by atoms with Gasteiger partial charge in [0.1, 0.15) is 5.82 Å². The lowest BCUT2D eigenvalue weighted by Crippen LogP contribution is -2.37. The number of nitrogens with zero attached hydrogens (tertiary/aromatic N) is 3. The number of piperidine rings is 1. The maximum absolute atomic E-state index is 9.28. The monoisotopic (exact) mass is 314 g/mol. The molecule has 0 aromatic carbocycles. The minimum atomic E-state index is 0.249. The molecule has 0 spiro atoms. The van der Waals surface area contributed by atoms with Gasteiger partial charge in [-0.15, -0.1) is 0 Å². The van der Waals surface area contributed by atoms with E-state index in [1.807, 2.05) is 6.92 Å². The average molecular weight is 315 g/mol. The Morgan fingerprint density at radius 2 is 2.44 bits per heavy atom. The summed E-state index contributed by atoms with van der Waals surface area (Å²) in [5, 5.41) is 12.4. The topological polar surface area (TPSA) is 61.3 Å². The van der Waals surface area contributed by atoms with Gasteiger partial charge >= 0.3 is 0 Å². The van der Waals surface area contributed by atoms with Gasteiger partial charge in [-0.3, -0.25) is 0 Å². The molecule has 1 aromatic rings. The summed E-state index contributed by atoms with van der Waals surface area (Å²) >= 11 is 3.50. The molecule has 1 aliphatic rings. The van der Waals surface area contributed by atoms with Gasteiger partial charge in [-0.25, -0.2) is 4.98 Å². The van der Waals surface area contributed by atoms with Crippen LogP contribution in [0.1, 0.15) is 19.8 Å². The van der Waals surface area contributed by atoms with Gasteiger partial charge in [-0.05, 0) is 41.6 Å². The fraction of sp³-hybridized carbons (Fsp3) is 0.667. The highest BCUT2D eigenvalue weighted by Gasteiger charge is 2.22. The van der Waals surface area contributed by atoms with E-state index in [0.717, 1.165) is 42.8 Å². The van der Waals surface area contributed by atoms with Crippen LogP contribution in [0.15, 0.2) is 10.7 Å². The molecule has 6 heteroatoms. The lowest BCUT2D eigenvalue weighted by atomic mass is 9.99. The number of aliphatic hydroxyl groups is 1. The molecular weight excluding hydrogens is 296 g/mol. The van der Waals surface area contributed by atoms with Crippen LogP contribution < -0.4 is 10.2 Å². The standard InChI is InChI=1S/C12H19BrN4O/c1-2-14-12-15-6-10(13)11(16-12)17-5-3-4-9(7-17)8-18/h6,9,18H,2-5,7-8H2,1H3,(H,14,15,16). The Morgan fingerprint density at radius 3 is 3.17 bits per heavy atom. The van der Waals surface area contributed by atoms with E-state index in [1.54, 1.807) is 6.20 Å². The van der Waals surface area contributed by atoms with Gasteiger partial charge in [-0.1, -0.05) is 0 Å². The molecule has 1 fully saturated rings. The number of hydrogen-bond donors (Lipinski definition) is 2. The zero-order valence-corrected chi connectivity index (χ0v) is 12.2. The Labute approximate surface area is 116 Å². The molecule has 1 atom stereocenters. The molecule has 1 aromatic heterocycles. The summed E-state index contributed by atoms with van der Waals surface area (Å²) in [6.07, 6.45) is 3.97. The minimum Gasteiger partial charge on any atom is -0.396 e. The summed E-state index contributed by atoms with van der Waals surface area (Å²) in [5.74, 6) is 1.92. The second-order valence-corrected chi connectivity index (χ2v) is 5.39. The molecule has 0 saturated carbocycles. The lowest BCUT2D eigenvalue weighted by molar-refractivity contribution is 0.208. The Morgan fingerprint density at radius 1 is 1.61 bits per heavy atom. The molecule has 1 aliphatic heterocycles. The summed E-state index contributed by atoms with van der Waals surface area (Å²) in [6.45, 7) is 4.92. The van der Waals surface area contributed by atoms with Gasteiger partial charge in [0.25, 0.3) is 0 Å². The number of halogens is 1. The summed E-state index contributed by atoms with van der Waals surface area (Å²) in [6, 6.07) is 0. The second kappa shape index (κ2) is 6.33. The van der Waals surface area contributed by atoms with Crippen molar-refractivity contribution in [2.45, 2.75) is 19.8 Å². The first-order valence-electron chi connectivity index (χ1n) is 6.36. The van der Waals surface area contributed by atoms with E-state index in [2.05, 4.69) is 36.1 Å². The van der Waals surface area contributed by atoms with Crippen molar-refractivity contribution in [1.82, 2.24) is 9.97 Å². The molecule has 1 saturated heterocycles. The molecule has 2 N–H and O–H groups in total. The molecule has 5 nitrogen and oxygen atoms in total. The summed E-state index contributed by atoms with van der Waals surface area (Å²) in [4.78, 5) is 11.0. The van der Waals surface area contributed by atoms with Crippen molar-refractivity contribution in [3.05, 3.63) is 10.7 Å². The predicted octanol–water partition coefficient (Wildman–Crippen LogP) is 1.88. The van der Waals surface area contributed by atoms with E-state index in [1.165, 1.54) is 0 Å². The van der Waals surface area contributed by atoms with Crippen LogP contribution in [0.5, 0.6) is 0 Å². The number of aliphatic hydroxyl groups excluding tert-OH is 1. The first-order valence-corrected chi connectivity index (χ1v) is 7.16. The number of anilines is 2. The largest absolute Gasteiger partial charge is 0.396 e. The molecular formula is C12H19BrN4O. The lowest BCUT2D eigenvalue weighted by Gasteiger charge is -2.33. The molecule has 2 rings (SSSR count). The van der Waals surface area contributed by atoms with Crippen LogP contribution in [0, 0.1) is 5.92 Å². The van der Waals surface area contributed by atoms with Gasteiger partial charge in [0, 0.05) is 32.4 Å². The highest BCUT2D eigenvalue weighted by atomic mass is 79.9. The molecule has 2 heterocycles. The van der Waals surface area contributed by atoms with Crippen LogP contribution in [0.2, 0.25) is 0 Å². The van der Waals surface area contributed by atoms with E-state index in [0.29, 0.717) is 11.9 Å². The van der Waals surface area contributed by atoms with E-state index in [-0.39, 0.29) is 6.61 Å². The van der Waals surface area contributed by atoms with Crippen molar-refractivity contribution < 1.29 is 5.11 Å². The molecule has 100 valence electrons. The Balaban J connectivity index is 2.17. The van der Waals surface area contributed by atoms with Crippen LogP contribution in [0.3, 0.4) is 0 Å². The van der Waals surface area contributed by atoms with Gasteiger partial charge in [0.15, 0.2) is 0 Å². The minimum absolute atomic E-state index is 0.249. The normalized spacial score (nSPS) is 19.9. The van der Waals surface area contributed by atoms with Gasteiger partial charge in [0.2, 0.25) is 5.95 Å². The zero-order chi connectivity index (χ0) is 13.0. The van der Waals surface area contributed by atoms with Crippen molar-refractivity contribution in [3.63, 3.8) is 0 Å². The maximum Gasteiger partial charge on any atom is 0.224 e. The average Bonchev–Trinajstić information content (AvgIpc) is 2.41. The van der Waals surface area contributed by atoms with Crippen molar-refractivity contribution in [2.24, 2.45) is 5.92 Å². The number of aromatic nitrogens is 2. The molecule has 0 aliphatic carbocycles.